The van der Waals surface area contributed by atoms with Crippen molar-refractivity contribution in [2.75, 3.05) is 7.05 Å². The number of halogens is 1. The van der Waals surface area contributed by atoms with E-state index in [9.17, 15) is 4.39 Å². The van der Waals surface area contributed by atoms with E-state index in [0.29, 0.717) is 0 Å². The van der Waals surface area contributed by atoms with Crippen LogP contribution in [-0.4, -0.2) is 7.05 Å². The van der Waals surface area contributed by atoms with Gasteiger partial charge in [0, 0.05) is 11.6 Å². The largest absolute Gasteiger partial charge is 0.313 e. The second-order valence-electron chi connectivity index (χ2n) is 4.49. The van der Waals surface area contributed by atoms with Gasteiger partial charge in [-0.3, -0.25) is 0 Å². The van der Waals surface area contributed by atoms with Crippen LogP contribution >= 0.6 is 0 Å². The molecule has 0 saturated heterocycles. The normalized spacial score (nSPS) is 12.4. The topological polar surface area (TPSA) is 12.0 Å². The highest BCUT2D eigenvalue weighted by Gasteiger charge is 2.14. The van der Waals surface area contributed by atoms with Crippen molar-refractivity contribution < 1.29 is 4.39 Å². The van der Waals surface area contributed by atoms with E-state index in [1.54, 1.807) is 6.07 Å². The van der Waals surface area contributed by atoms with Crippen molar-refractivity contribution in [3.05, 3.63) is 71.0 Å². The second kappa shape index (κ2) is 5.78. The monoisotopic (exact) mass is 243 g/mol. The molecular weight excluding hydrogens is 225 g/mol. The first-order valence-corrected chi connectivity index (χ1v) is 6.18. The lowest BCUT2D eigenvalue weighted by molar-refractivity contribution is 0.533. The Bertz CT molecular complexity index is 522. The minimum Gasteiger partial charge on any atom is -0.313 e. The molecule has 0 aliphatic rings. The third-order valence-electron chi connectivity index (χ3n) is 3.31. The van der Waals surface area contributed by atoms with Gasteiger partial charge in [0.25, 0.3) is 0 Å². The molecule has 2 aromatic carbocycles. The molecule has 18 heavy (non-hydrogen) atoms. The number of rotatable bonds is 4. The standard InChI is InChI=1S/C16H18FN/c1-12-7-3-4-8-13(12)11-16(18-2)14-9-5-6-10-15(14)17/h3-10,16,18H,11H2,1-2H3. The second-order valence-corrected chi connectivity index (χ2v) is 4.49. The molecule has 2 rings (SSSR count). The van der Waals surface area contributed by atoms with E-state index in [1.807, 2.05) is 31.3 Å². The van der Waals surface area contributed by atoms with Gasteiger partial charge in [-0.15, -0.1) is 0 Å². The fraction of sp³-hybridized carbons (Fsp3) is 0.250. The van der Waals surface area contributed by atoms with Crippen molar-refractivity contribution in [2.24, 2.45) is 0 Å². The Balaban J connectivity index is 2.26. The number of benzene rings is 2. The molecule has 94 valence electrons. The molecule has 0 fully saturated rings. The Morgan fingerprint density at radius 1 is 1.06 bits per heavy atom. The molecule has 0 saturated carbocycles. The van der Waals surface area contributed by atoms with E-state index in [1.165, 1.54) is 17.2 Å². The molecule has 2 heteroatoms. The van der Waals surface area contributed by atoms with Crippen LogP contribution in [0.25, 0.3) is 0 Å². The summed E-state index contributed by atoms with van der Waals surface area (Å²) in [5.41, 5.74) is 3.22. The lowest BCUT2D eigenvalue weighted by Gasteiger charge is -2.18. The van der Waals surface area contributed by atoms with Crippen LogP contribution in [0.5, 0.6) is 0 Å². The van der Waals surface area contributed by atoms with Crippen molar-refractivity contribution in [1.82, 2.24) is 5.32 Å². The third kappa shape index (κ3) is 2.77. The van der Waals surface area contributed by atoms with Crippen LogP contribution < -0.4 is 5.32 Å². The van der Waals surface area contributed by atoms with Gasteiger partial charge < -0.3 is 5.32 Å². The van der Waals surface area contributed by atoms with Crippen molar-refractivity contribution >= 4 is 0 Å². The predicted molar refractivity (Wildman–Crippen MR) is 73.1 cm³/mol. The van der Waals surface area contributed by atoms with E-state index >= 15 is 0 Å². The van der Waals surface area contributed by atoms with Crippen LogP contribution in [0, 0.1) is 12.7 Å². The van der Waals surface area contributed by atoms with Crippen LogP contribution in [0.3, 0.4) is 0 Å². The predicted octanol–water partition coefficient (Wildman–Crippen LogP) is 3.64. The third-order valence-corrected chi connectivity index (χ3v) is 3.31. The molecule has 0 aliphatic heterocycles. The number of hydrogen-bond acceptors (Lipinski definition) is 1. The summed E-state index contributed by atoms with van der Waals surface area (Å²) in [6.45, 7) is 2.09. The molecule has 0 bridgehead atoms. The van der Waals surface area contributed by atoms with Gasteiger partial charge in [-0.25, -0.2) is 4.39 Å². The Hall–Kier alpha value is -1.67. The number of likely N-dealkylation sites (N-methyl/N-ethyl adjacent to an activating group) is 1. The van der Waals surface area contributed by atoms with Crippen LogP contribution in [0.4, 0.5) is 4.39 Å². The van der Waals surface area contributed by atoms with E-state index in [4.69, 9.17) is 0 Å². The summed E-state index contributed by atoms with van der Waals surface area (Å²) in [4.78, 5) is 0. The molecule has 0 aliphatic carbocycles. The van der Waals surface area contributed by atoms with Gasteiger partial charge >= 0.3 is 0 Å². The zero-order chi connectivity index (χ0) is 13.0. The van der Waals surface area contributed by atoms with E-state index in [2.05, 4.69) is 24.4 Å². The highest BCUT2D eigenvalue weighted by Crippen LogP contribution is 2.22. The van der Waals surface area contributed by atoms with E-state index in [0.717, 1.165) is 12.0 Å². The molecule has 0 radical (unpaired) electrons. The van der Waals surface area contributed by atoms with Gasteiger partial charge in [-0.05, 0) is 37.6 Å². The van der Waals surface area contributed by atoms with Crippen LogP contribution in [-0.2, 0) is 6.42 Å². The summed E-state index contributed by atoms with van der Waals surface area (Å²) in [7, 11) is 1.87. The van der Waals surface area contributed by atoms with Gasteiger partial charge in [0.15, 0.2) is 0 Å². The fourth-order valence-electron chi connectivity index (χ4n) is 2.18. The lowest BCUT2D eigenvalue weighted by Crippen LogP contribution is -2.20. The minimum atomic E-state index is -0.148. The SMILES string of the molecule is CNC(Cc1ccccc1C)c1ccccc1F. The van der Waals surface area contributed by atoms with Crippen molar-refractivity contribution in [1.29, 1.82) is 0 Å². The molecule has 1 N–H and O–H groups in total. The quantitative estimate of drug-likeness (QED) is 0.864. The summed E-state index contributed by atoms with van der Waals surface area (Å²) in [6, 6.07) is 15.2. The average molecular weight is 243 g/mol. The zero-order valence-electron chi connectivity index (χ0n) is 10.8. The van der Waals surface area contributed by atoms with Crippen molar-refractivity contribution in [3.63, 3.8) is 0 Å². The summed E-state index contributed by atoms with van der Waals surface area (Å²) < 4.78 is 13.8. The Kier molecular flexibility index (Phi) is 4.11. The fourth-order valence-corrected chi connectivity index (χ4v) is 2.18. The lowest BCUT2D eigenvalue weighted by atomic mass is 9.96. The maximum absolute atomic E-state index is 13.8. The number of aryl methyl sites for hydroxylation is 1. The first kappa shape index (κ1) is 12.8. The molecule has 0 aromatic heterocycles. The summed E-state index contributed by atoms with van der Waals surface area (Å²) in [5, 5.41) is 3.19. The first-order valence-electron chi connectivity index (χ1n) is 6.18. The van der Waals surface area contributed by atoms with Crippen molar-refractivity contribution in [2.45, 2.75) is 19.4 Å². The Labute approximate surface area is 108 Å². The van der Waals surface area contributed by atoms with Crippen LogP contribution in [0.2, 0.25) is 0 Å². The maximum Gasteiger partial charge on any atom is 0.127 e. The molecule has 1 unspecified atom stereocenters. The highest BCUT2D eigenvalue weighted by atomic mass is 19.1. The van der Waals surface area contributed by atoms with Gasteiger partial charge in [0.1, 0.15) is 5.82 Å². The smallest absolute Gasteiger partial charge is 0.127 e. The van der Waals surface area contributed by atoms with E-state index < -0.39 is 0 Å². The summed E-state index contributed by atoms with van der Waals surface area (Å²) in [5.74, 6) is -0.148. The summed E-state index contributed by atoms with van der Waals surface area (Å²) >= 11 is 0. The van der Waals surface area contributed by atoms with Crippen molar-refractivity contribution in [3.8, 4) is 0 Å². The molecular formula is C16H18FN. The van der Waals surface area contributed by atoms with Gasteiger partial charge in [0.05, 0.1) is 0 Å². The van der Waals surface area contributed by atoms with Gasteiger partial charge in [-0.2, -0.15) is 0 Å². The Morgan fingerprint density at radius 2 is 1.72 bits per heavy atom. The molecule has 1 atom stereocenters. The minimum absolute atomic E-state index is 0.00676. The van der Waals surface area contributed by atoms with Gasteiger partial charge in [-0.1, -0.05) is 42.5 Å². The Morgan fingerprint density at radius 3 is 2.39 bits per heavy atom. The average Bonchev–Trinajstić information content (AvgIpc) is 2.39. The summed E-state index contributed by atoms with van der Waals surface area (Å²) in [6.07, 6.45) is 0.796. The number of hydrogen-bond donors (Lipinski definition) is 1. The zero-order valence-corrected chi connectivity index (χ0v) is 10.8. The van der Waals surface area contributed by atoms with Crippen LogP contribution in [0.1, 0.15) is 22.7 Å². The van der Waals surface area contributed by atoms with E-state index in [-0.39, 0.29) is 11.9 Å². The molecule has 0 amide bonds. The highest BCUT2D eigenvalue weighted by molar-refractivity contribution is 5.29. The maximum atomic E-state index is 13.8. The first-order chi connectivity index (χ1) is 8.72. The molecule has 1 nitrogen and oxygen atoms in total. The number of nitrogens with one attached hydrogen (secondary N) is 1. The molecule has 2 aromatic rings. The van der Waals surface area contributed by atoms with Gasteiger partial charge in [0.2, 0.25) is 0 Å². The molecule has 0 heterocycles. The molecule has 0 spiro atoms. The van der Waals surface area contributed by atoms with Crippen LogP contribution in [0.15, 0.2) is 48.5 Å².